The first kappa shape index (κ1) is 15.7. The Morgan fingerprint density at radius 1 is 1.53 bits per heavy atom. The molecule has 8 heteroatoms. The van der Waals surface area contributed by atoms with Gasteiger partial charge in [-0.15, -0.1) is 11.6 Å². The van der Waals surface area contributed by atoms with Crippen LogP contribution in [0.2, 0.25) is 0 Å². The summed E-state index contributed by atoms with van der Waals surface area (Å²) in [5, 5.41) is 12.1. The largest absolute Gasteiger partial charge is 0.466 e. The molecule has 1 N–H and O–H groups in total. The van der Waals surface area contributed by atoms with Crippen molar-refractivity contribution in [3.8, 4) is 0 Å². The van der Waals surface area contributed by atoms with Crippen molar-refractivity contribution in [2.75, 3.05) is 19.2 Å². The van der Waals surface area contributed by atoms with Gasteiger partial charge in [-0.25, -0.2) is 13.2 Å². The van der Waals surface area contributed by atoms with Crippen LogP contribution < -0.4 is 0 Å². The molecular weight excluding hydrogens is 294 g/mol. The van der Waals surface area contributed by atoms with E-state index in [-0.39, 0.29) is 28.5 Å². The zero-order chi connectivity index (χ0) is 14.6. The maximum Gasteiger partial charge on any atom is 0.334 e. The number of rotatable bonds is 4. The van der Waals surface area contributed by atoms with E-state index in [9.17, 15) is 13.2 Å². The van der Waals surface area contributed by atoms with Crippen LogP contribution in [0.4, 0.5) is 0 Å². The Balaban J connectivity index is 3.38. The van der Waals surface area contributed by atoms with Gasteiger partial charge < -0.3 is 9.94 Å². The quantitative estimate of drug-likeness (QED) is 0.363. The van der Waals surface area contributed by atoms with E-state index in [1.54, 1.807) is 0 Å². The van der Waals surface area contributed by atoms with Crippen LogP contribution in [0.3, 0.4) is 0 Å². The Morgan fingerprint density at radius 2 is 2.16 bits per heavy atom. The summed E-state index contributed by atoms with van der Waals surface area (Å²) in [7, 11) is -2.35. The van der Waals surface area contributed by atoms with Crippen LogP contribution in [-0.2, 0) is 19.4 Å². The van der Waals surface area contributed by atoms with Crippen LogP contribution in [0.25, 0.3) is 0 Å². The van der Waals surface area contributed by atoms with Gasteiger partial charge in [0.2, 0.25) is 0 Å². The van der Waals surface area contributed by atoms with E-state index in [1.165, 1.54) is 19.3 Å². The molecule has 0 aromatic heterocycles. The minimum absolute atomic E-state index is 0.0916. The normalized spacial score (nSPS) is 21.8. The molecule has 0 amide bonds. The first-order chi connectivity index (χ1) is 8.86. The van der Waals surface area contributed by atoms with Crippen LogP contribution >= 0.6 is 11.6 Å². The molecule has 1 unspecified atom stereocenters. The number of carbonyl (C=O) groups is 1. The molecule has 0 fully saturated rings. The highest BCUT2D eigenvalue weighted by atomic mass is 35.5. The van der Waals surface area contributed by atoms with E-state index in [0.717, 1.165) is 6.26 Å². The monoisotopic (exact) mass is 307 g/mol. The van der Waals surface area contributed by atoms with E-state index >= 15 is 0 Å². The molecule has 0 aliphatic heterocycles. The second kappa shape index (κ2) is 6.21. The molecule has 0 radical (unpaired) electrons. The summed E-state index contributed by atoms with van der Waals surface area (Å²) < 4.78 is 27.8. The Bertz CT molecular complexity index is 562. The van der Waals surface area contributed by atoms with E-state index in [4.69, 9.17) is 16.8 Å². The first-order valence-electron chi connectivity index (χ1n) is 5.35. The number of esters is 1. The fourth-order valence-electron chi connectivity index (χ4n) is 1.85. The van der Waals surface area contributed by atoms with Gasteiger partial charge in [0.1, 0.15) is 5.71 Å². The maximum absolute atomic E-state index is 11.6. The number of nitrogens with zero attached hydrogens (tertiary/aromatic N) is 1. The number of methoxy groups -OCH3 is 1. The lowest BCUT2D eigenvalue weighted by Gasteiger charge is -2.23. The van der Waals surface area contributed by atoms with Gasteiger partial charge in [0.05, 0.1) is 12.0 Å². The Hall–Kier alpha value is -1.34. The zero-order valence-electron chi connectivity index (χ0n) is 10.5. The van der Waals surface area contributed by atoms with Crippen LogP contribution in [0.5, 0.6) is 0 Å². The molecule has 19 heavy (non-hydrogen) atoms. The highest BCUT2D eigenvalue weighted by molar-refractivity contribution is 7.95. The van der Waals surface area contributed by atoms with E-state index in [2.05, 4.69) is 9.89 Å². The smallest absolute Gasteiger partial charge is 0.334 e. The van der Waals surface area contributed by atoms with Crippen LogP contribution in [0.15, 0.2) is 27.8 Å². The van der Waals surface area contributed by atoms with E-state index < -0.39 is 21.7 Å². The third-order valence-corrected chi connectivity index (χ3v) is 4.06. The van der Waals surface area contributed by atoms with E-state index in [1.807, 2.05) is 0 Å². The summed E-state index contributed by atoms with van der Waals surface area (Å²) in [6.45, 7) is 0. The number of ether oxygens (including phenoxy) is 1. The topological polar surface area (TPSA) is 93.0 Å². The van der Waals surface area contributed by atoms with Crippen molar-refractivity contribution < 1.29 is 23.2 Å². The van der Waals surface area contributed by atoms with Crippen molar-refractivity contribution in [1.82, 2.24) is 0 Å². The van der Waals surface area contributed by atoms with Crippen molar-refractivity contribution in [1.29, 1.82) is 0 Å². The Kier molecular flexibility index (Phi) is 5.13. The van der Waals surface area contributed by atoms with Gasteiger partial charge in [-0.05, 0) is 18.6 Å². The zero-order valence-corrected chi connectivity index (χ0v) is 12.0. The second-order valence-corrected chi connectivity index (χ2v) is 6.29. The van der Waals surface area contributed by atoms with Crippen LogP contribution in [-0.4, -0.2) is 44.6 Å². The molecular formula is C11H14ClNO5S. The minimum Gasteiger partial charge on any atom is -0.466 e. The number of carbonyl (C=O) groups excluding carboxylic acids is 1. The Labute approximate surface area is 116 Å². The molecule has 1 aliphatic rings. The van der Waals surface area contributed by atoms with Crippen molar-refractivity contribution >= 4 is 33.1 Å². The maximum atomic E-state index is 11.6. The molecule has 0 saturated heterocycles. The first-order valence-corrected chi connectivity index (χ1v) is 7.78. The molecule has 0 saturated carbocycles. The fourth-order valence-corrected chi connectivity index (χ4v) is 2.94. The molecule has 1 aliphatic carbocycles. The molecule has 1 atom stereocenters. The summed E-state index contributed by atoms with van der Waals surface area (Å²) >= 11 is 5.65. The molecule has 0 spiro atoms. The molecule has 0 aromatic carbocycles. The van der Waals surface area contributed by atoms with Gasteiger partial charge in [-0.2, -0.15) is 0 Å². The predicted octanol–water partition coefficient (Wildman–Crippen LogP) is 1.10. The SMILES string of the molecule is COC(=O)C1=CC=C(S(C)(=O)=O)C(=NO)C1CCCl. The summed E-state index contributed by atoms with van der Waals surface area (Å²) in [5.74, 6) is -1.14. The average molecular weight is 308 g/mol. The van der Waals surface area contributed by atoms with Crippen LogP contribution in [0, 0.1) is 5.92 Å². The number of allylic oxidation sites excluding steroid dienone is 3. The lowest BCUT2D eigenvalue weighted by atomic mass is 9.87. The number of hydrogen-bond donors (Lipinski definition) is 1. The number of sulfone groups is 1. The van der Waals surface area contributed by atoms with Crippen molar-refractivity contribution in [3.63, 3.8) is 0 Å². The highest BCUT2D eigenvalue weighted by Crippen LogP contribution is 2.29. The number of alkyl halides is 1. The van der Waals surface area contributed by atoms with Crippen molar-refractivity contribution in [3.05, 3.63) is 22.6 Å². The fraction of sp³-hybridized carbons (Fsp3) is 0.455. The third kappa shape index (κ3) is 3.36. The second-order valence-electron chi connectivity index (χ2n) is 3.93. The summed E-state index contributed by atoms with van der Waals surface area (Å²) in [4.78, 5) is 11.5. The number of hydrogen-bond acceptors (Lipinski definition) is 6. The summed E-state index contributed by atoms with van der Waals surface area (Å²) in [6.07, 6.45) is 3.84. The average Bonchev–Trinajstić information content (AvgIpc) is 2.36. The summed E-state index contributed by atoms with van der Waals surface area (Å²) in [6, 6.07) is 0. The van der Waals surface area contributed by atoms with Gasteiger partial charge in [0.15, 0.2) is 9.84 Å². The molecule has 0 heterocycles. The van der Waals surface area contributed by atoms with Crippen molar-refractivity contribution in [2.24, 2.45) is 11.1 Å². The number of halogens is 1. The summed E-state index contributed by atoms with van der Waals surface area (Å²) in [5.41, 5.74) is 0.120. The molecule has 106 valence electrons. The van der Waals surface area contributed by atoms with Crippen molar-refractivity contribution in [2.45, 2.75) is 6.42 Å². The lowest BCUT2D eigenvalue weighted by molar-refractivity contribution is -0.136. The molecule has 6 nitrogen and oxygen atoms in total. The predicted molar refractivity (Wildman–Crippen MR) is 71.1 cm³/mol. The lowest BCUT2D eigenvalue weighted by Crippen LogP contribution is -2.29. The van der Waals surface area contributed by atoms with Crippen LogP contribution in [0.1, 0.15) is 6.42 Å². The molecule has 0 aromatic rings. The van der Waals surface area contributed by atoms with Gasteiger partial charge in [-0.3, -0.25) is 0 Å². The molecule has 1 rings (SSSR count). The minimum atomic E-state index is -3.56. The van der Waals surface area contributed by atoms with Gasteiger partial charge in [0.25, 0.3) is 0 Å². The highest BCUT2D eigenvalue weighted by Gasteiger charge is 2.34. The van der Waals surface area contributed by atoms with Gasteiger partial charge in [0, 0.05) is 23.6 Å². The third-order valence-electron chi connectivity index (χ3n) is 2.70. The standard InChI is InChI=1S/C11H14ClNO5S/c1-18-11(14)8-3-4-9(19(2,16)17)10(13-15)7(8)5-6-12/h3-4,7,15H,5-6H2,1-2H3. The van der Waals surface area contributed by atoms with E-state index in [0.29, 0.717) is 0 Å². The van der Waals surface area contributed by atoms with Gasteiger partial charge >= 0.3 is 5.97 Å². The molecule has 0 bridgehead atoms. The number of oxime groups is 1. The van der Waals surface area contributed by atoms with Gasteiger partial charge in [-0.1, -0.05) is 5.16 Å². The Morgan fingerprint density at radius 3 is 2.58 bits per heavy atom.